The van der Waals surface area contributed by atoms with E-state index in [1.54, 1.807) is 0 Å². The first-order valence-electron chi connectivity index (χ1n) is 13.8. The average molecular weight is 542 g/mol. The van der Waals surface area contributed by atoms with E-state index < -0.39 is 0 Å². The van der Waals surface area contributed by atoms with Crippen molar-refractivity contribution in [3.63, 3.8) is 0 Å². The van der Waals surface area contributed by atoms with Crippen molar-refractivity contribution in [2.45, 2.75) is 0 Å². The van der Waals surface area contributed by atoms with Crippen molar-refractivity contribution < 1.29 is 17.7 Å². The molecule has 0 unspecified atom stereocenters. The van der Waals surface area contributed by atoms with Crippen LogP contribution in [0, 0.1) is 0 Å². The highest BCUT2D eigenvalue weighted by atomic mass is 16.4. The van der Waals surface area contributed by atoms with Crippen molar-refractivity contribution in [1.82, 2.24) is 4.98 Å². The third kappa shape index (κ3) is 2.99. The Bertz CT molecular complexity index is 2510. The van der Waals surface area contributed by atoms with Crippen LogP contribution in [0.1, 0.15) is 0 Å². The Morgan fingerprint density at radius 2 is 0.833 bits per heavy atom. The van der Waals surface area contributed by atoms with E-state index in [2.05, 4.69) is 54.6 Å². The Morgan fingerprint density at radius 1 is 0.357 bits per heavy atom. The summed E-state index contributed by atoms with van der Waals surface area (Å²) in [7, 11) is 0. The number of para-hydroxylation sites is 2. The molecule has 10 aromatic rings. The molecule has 0 bridgehead atoms. The minimum atomic E-state index is 0.752. The minimum absolute atomic E-state index is 0.752. The molecule has 0 aliphatic carbocycles. The predicted molar refractivity (Wildman–Crippen MR) is 167 cm³/mol. The molecule has 0 atom stereocenters. The number of benzene rings is 5. The number of hydrogen-bond donors (Lipinski definition) is 0. The number of hydrogen-bond acceptors (Lipinski definition) is 5. The first kappa shape index (κ1) is 21.9. The van der Waals surface area contributed by atoms with E-state index in [9.17, 15) is 0 Å². The van der Waals surface area contributed by atoms with Crippen molar-refractivity contribution in [2.75, 3.05) is 0 Å². The molecule has 5 aromatic carbocycles. The molecule has 0 fully saturated rings. The van der Waals surface area contributed by atoms with Gasteiger partial charge in [0.15, 0.2) is 16.7 Å². The van der Waals surface area contributed by atoms with Gasteiger partial charge in [-0.05, 0) is 77.4 Å². The molecular weight excluding hydrogens is 522 g/mol. The van der Waals surface area contributed by atoms with Gasteiger partial charge in [0, 0.05) is 27.9 Å². The van der Waals surface area contributed by atoms with E-state index in [4.69, 9.17) is 22.7 Å². The summed E-state index contributed by atoms with van der Waals surface area (Å²) in [6, 6.07) is 36.9. The van der Waals surface area contributed by atoms with Gasteiger partial charge < -0.3 is 17.7 Å². The Labute approximate surface area is 237 Å². The van der Waals surface area contributed by atoms with Gasteiger partial charge in [0.2, 0.25) is 0 Å². The Kier molecular flexibility index (Phi) is 4.12. The lowest BCUT2D eigenvalue weighted by Crippen LogP contribution is -1.81. The fourth-order valence-corrected chi connectivity index (χ4v) is 6.27. The van der Waals surface area contributed by atoms with Crippen LogP contribution >= 0.6 is 0 Å². The topological polar surface area (TPSA) is 65.5 Å². The van der Waals surface area contributed by atoms with Crippen LogP contribution in [0.25, 0.3) is 99.4 Å². The SMILES string of the molecule is c1ccc2c(c1)oc1cc(-c3ccc4c(c3)oc3c5ccc(-c6cnc7c(c6)oc6ccccc67)cc5oc43)ccc12. The quantitative estimate of drug-likeness (QED) is 0.218. The molecule has 10 rings (SSSR count). The molecule has 0 aliphatic heterocycles. The zero-order valence-corrected chi connectivity index (χ0v) is 22.0. The summed E-state index contributed by atoms with van der Waals surface area (Å²) in [4.78, 5) is 4.71. The second kappa shape index (κ2) is 7.89. The molecule has 42 heavy (non-hydrogen) atoms. The summed E-state index contributed by atoms with van der Waals surface area (Å²) in [5, 5.41) is 5.15. The first-order valence-corrected chi connectivity index (χ1v) is 13.8. The second-order valence-corrected chi connectivity index (χ2v) is 10.8. The Hall–Kier alpha value is -5.81. The molecule has 196 valence electrons. The zero-order chi connectivity index (χ0) is 27.4. The highest BCUT2D eigenvalue weighted by molar-refractivity contribution is 6.14. The third-order valence-corrected chi connectivity index (χ3v) is 8.34. The number of aromatic nitrogens is 1. The van der Waals surface area contributed by atoms with Gasteiger partial charge in [-0.15, -0.1) is 0 Å². The van der Waals surface area contributed by atoms with Gasteiger partial charge in [-0.3, -0.25) is 4.98 Å². The molecule has 5 aromatic heterocycles. The molecule has 0 N–H and O–H groups in total. The molecule has 5 heterocycles. The van der Waals surface area contributed by atoms with Gasteiger partial charge in [-0.25, -0.2) is 0 Å². The highest BCUT2D eigenvalue weighted by Crippen LogP contribution is 2.40. The van der Waals surface area contributed by atoms with Crippen LogP contribution in [-0.4, -0.2) is 4.98 Å². The van der Waals surface area contributed by atoms with E-state index in [1.807, 2.05) is 60.8 Å². The number of fused-ring (bicyclic) bond motifs is 11. The Morgan fingerprint density at radius 3 is 1.52 bits per heavy atom. The highest BCUT2D eigenvalue weighted by Gasteiger charge is 2.18. The standard InChI is InChI=1S/C37H19NO4/c1-3-7-29-24(5-1)25-12-9-20(15-31(25)39-29)21-10-13-27-32(16-21)41-37-28-14-11-22(17-33(28)42-36(27)37)23-18-34-35(38-19-23)26-6-2-4-8-30(26)40-34/h1-19H. The van der Waals surface area contributed by atoms with E-state index in [1.165, 1.54) is 0 Å². The van der Waals surface area contributed by atoms with Crippen LogP contribution in [0.2, 0.25) is 0 Å². The summed E-state index contributed by atoms with van der Waals surface area (Å²) in [6.45, 7) is 0. The molecule has 5 heteroatoms. The van der Waals surface area contributed by atoms with Crippen molar-refractivity contribution in [3.8, 4) is 22.3 Å². The van der Waals surface area contributed by atoms with Gasteiger partial charge in [0.05, 0.1) is 10.8 Å². The van der Waals surface area contributed by atoms with Crippen molar-refractivity contribution in [2.24, 2.45) is 0 Å². The van der Waals surface area contributed by atoms with E-state index in [0.29, 0.717) is 0 Å². The van der Waals surface area contributed by atoms with Gasteiger partial charge in [-0.2, -0.15) is 0 Å². The predicted octanol–water partition coefficient (Wildman–Crippen LogP) is 10.9. The van der Waals surface area contributed by atoms with Crippen LogP contribution in [0.15, 0.2) is 133 Å². The smallest absolute Gasteiger partial charge is 0.181 e. The lowest BCUT2D eigenvalue weighted by Gasteiger charge is -2.02. The zero-order valence-electron chi connectivity index (χ0n) is 22.0. The maximum absolute atomic E-state index is 6.40. The van der Waals surface area contributed by atoms with Crippen LogP contribution in [0.4, 0.5) is 0 Å². The third-order valence-electron chi connectivity index (χ3n) is 8.34. The fraction of sp³-hybridized carbons (Fsp3) is 0. The lowest BCUT2D eigenvalue weighted by molar-refractivity contribution is 0.653. The largest absolute Gasteiger partial charge is 0.456 e. The minimum Gasteiger partial charge on any atom is -0.456 e. The fourth-order valence-electron chi connectivity index (χ4n) is 6.27. The van der Waals surface area contributed by atoms with Gasteiger partial charge in [0.1, 0.15) is 33.4 Å². The average Bonchev–Trinajstić information content (AvgIpc) is 3.78. The van der Waals surface area contributed by atoms with Gasteiger partial charge >= 0.3 is 0 Å². The molecule has 0 radical (unpaired) electrons. The van der Waals surface area contributed by atoms with Gasteiger partial charge in [0.25, 0.3) is 0 Å². The monoisotopic (exact) mass is 541 g/mol. The Balaban J connectivity index is 1.06. The summed E-state index contributed by atoms with van der Waals surface area (Å²) in [5.74, 6) is 0. The van der Waals surface area contributed by atoms with E-state index in [0.717, 1.165) is 99.4 Å². The molecule has 5 nitrogen and oxygen atoms in total. The number of furan rings is 4. The molecule has 0 aliphatic rings. The summed E-state index contributed by atoms with van der Waals surface area (Å²) >= 11 is 0. The van der Waals surface area contributed by atoms with E-state index in [-0.39, 0.29) is 0 Å². The number of rotatable bonds is 2. The first-order chi connectivity index (χ1) is 20.8. The van der Waals surface area contributed by atoms with Gasteiger partial charge in [-0.1, -0.05) is 48.5 Å². The van der Waals surface area contributed by atoms with Crippen molar-refractivity contribution in [1.29, 1.82) is 0 Å². The number of nitrogens with zero attached hydrogens (tertiary/aromatic N) is 1. The molecule has 0 saturated carbocycles. The van der Waals surface area contributed by atoms with Crippen LogP contribution in [-0.2, 0) is 0 Å². The second-order valence-electron chi connectivity index (χ2n) is 10.8. The molecule has 0 amide bonds. The van der Waals surface area contributed by atoms with Crippen LogP contribution in [0.5, 0.6) is 0 Å². The summed E-state index contributed by atoms with van der Waals surface area (Å²) in [6.07, 6.45) is 1.89. The summed E-state index contributed by atoms with van der Waals surface area (Å²) in [5.41, 5.74) is 11.4. The summed E-state index contributed by atoms with van der Waals surface area (Å²) < 4.78 is 25.0. The maximum Gasteiger partial charge on any atom is 0.181 e. The van der Waals surface area contributed by atoms with Crippen molar-refractivity contribution in [3.05, 3.63) is 115 Å². The number of pyridine rings is 1. The normalized spacial score (nSPS) is 12.3. The molecule has 0 saturated heterocycles. The molecular formula is C37H19NO4. The van der Waals surface area contributed by atoms with Crippen LogP contribution in [0.3, 0.4) is 0 Å². The van der Waals surface area contributed by atoms with Crippen molar-refractivity contribution >= 4 is 77.1 Å². The van der Waals surface area contributed by atoms with Crippen LogP contribution < -0.4 is 0 Å². The lowest BCUT2D eigenvalue weighted by atomic mass is 10.0. The molecule has 0 spiro atoms. The van der Waals surface area contributed by atoms with E-state index >= 15 is 0 Å². The maximum atomic E-state index is 6.40.